The molecule has 2 aromatic rings. The van der Waals surface area contributed by atoms with Gasteiger partial charge in [-0.3, -0.25) is 9.59 Å². The van der Waals surface area contributed by atoms with Gasteiger partial charge in [-0.15, -0.1) is 25.3 Å². The second-order valence-electron chi connectivity index (χ2n) is 9.94. The first-order valence-electron chi connectivity index (χ1n) is 12.1. The van der Waals surface area contributed by atoms with Crippen LogP contribution in [-0.4, -0.2) is 34.0 Å². The Morgan fingerprint density at radius 2 is 0.946 bits per heavy atom. The number of benzene rings is 2. The predicted molar refractivity (Wildman–Crippen MR) is 151 cm³/mol. The average Bonchev–Trinajstić information content (AvgIpc) is 2.81. The fourth-order valence-corrected chi connectivity index (χ4v) is 4.89. The van der Waals surface area contributed by atoms with Gasteiger partial charge in [0.2, 0.25) is 0 Å². The molecule has 2 aromatic carbocycles. The Bertz CT molecular complexity index is 1020. The summed E-state index contributed by atoms with van der Waals surface area (Å²) in [5.74, 6) is -0.551. The minimum atomic E-state index is -0.721. The maximum absolute atomic E-state index is 11.9. The summed E-state index contributed by atoms with van der Waals surface area (Å²) in [6, 6.07) is 15.1. The third-order valence-corrected chi connectivity index (χ3v) is 7.34. The SMILES string of the molecule is CC(=O)CC(C(C)=O)C(S)Oc1ccc(C(C)(C)c2ccc(OC(S)C(CC(C)=O)C(C)=O)cc2)cc1. The second-order valence-corrected chi connectivity index (χ2v) is 11.0. The lowest BCUT2D eigenvalue weighted by Crippen LogP contribution is -2.29. The van der Waals surface area contributed by atoms with Crippen LogP contribution in [0.1, 0.15) is 65.5 Å². The van der Waals surface area contributed by atoms with E-state index in [9.17, 15) is 19.2 Å². The van der Waals surface area contributed by atoms with Gasteiger partial charge < -0.3 is 19.1 Å². The number of carbonyl (C=O) groups excluding carboxylic acids is 4. The van der Waals surface area contributed by atoms with Crippen molar-refractivity contribution in [2.45, 2.75) is 70.7 Å². The quantitative estimate of drug-likeness (QED) is 0.236. The van der Waals surface area contributed by atoms with Crippen LogP contribution in [0.15, 0.2) is 48.5 Å². The fourth-order valence-electron chi connectivity index (χ4n) is 4.02. The van der Waals surface area contributed by atoms with Gasteiger partial charge in [-0.05, 0) is 63.1 Å². The highest BCUT2D eigenvalue weighted by atomic mass is 32.1. The number of hydrogen-bond acceptors (Lipinski definition) is 8. The number of Topliss-reactive ketones (excluding diaryl/α,β-unsaturated/α-hetero) is 4. The number of ketones is 4. The summed E-state index contributed by atoms with van der Waals surface area (Å²) in [6.45, 7) is 9.96. The molecule has 0 spiro atoms. The summed E-state index contributed by atoms with van der Waals surface area (Å²) >= 11 is 8.83. The molecule has 2 rings (SSSR count). The molecule has 8 heteroatoms. The smallest absolute Gasteiger partial charge is 0.151 e. The number of carbonyl (C=O) groups is 4. The third kappa shape index (κ3) is 8.75. The summed E-state index contributed by atoms with van der Waals surface area (Å²) in [5.41, 5.74) is 0.302. The number of ether oxygens (including phenoxy) is 2. The molecule has 0 aromatic heterocycles. The molecule has 4 atom stereocenters. The summed E-state index contributed by atoms with van der Waals surface area (Å²) in [7, 11) is 0. The second kappa shape index (κ2) is 13.3. The lowest BCUT2D eigenvalue weighted by Gasteiger charge is -2.27. The lowest BCUT2D eigenvalue weighted by molar-refractivity contribution is -0.127. The van der Waals surface area contributed by atoms with E-state index in [1.165, 1.54) is 27.7 Å². The van der Waals surface area contributed by atoms with Crippen LogP contribution in [-0.2, 0) is 24.6 Å². The highest BCUT2D eigenvalue weighted by Gasteiger charge is 2.28. The fraction of sp³-hybridized carbons (Fsp3) is 0.448. The number of rotatable bonds is 14. The van der Waals surface area contributed by atoms with Gasteiger partial charge in [-0.25, -0.2) is 0 Å². The summed E-state index contributed by atoms with van der Waals surface area (Å²) < 4.78 is 11.7. The Hall–Kier alpha value is -2.58. The van der Waals surface area contributed by atoms with Crippen molar-refractivity contribution in [3.8, 4) is 11.5 Å². The molecule has 0 aliphatic rings. The summed E-state index contributed by atoms with van der Waals surface area (Å²) in [6.07, 6.45) is 0.183. The number of hydrogen-bond donors (Lipinski definition) is 2. The Labute approximate surface area is 230 Å². The van der Waals surface area contributed by atoms with Gasteiger partial charge in [0.1, 0.15) is 34.6 Å². The van der Waals surface area contributed by atoms with Crippen molar-refractivity contribution in [3.05, 3.63) is 59.7 Å². The van der Waals surface area contributed by atoms with E-state index >= 15 is 0 Å². The first kappa shape index (κ1) is 30.6. The minimum Gasteiger partial charge on any atom is -0.479 e. The highest BCUT2D eigenvalue weighted by Crippen LogP contribution is 2.34. The van der Waals surface area contributed by atoms with Gasteiger partial charge in [0, 0.05) is 18.3 Å². The molecule has 0 fully saturated rings. The molecular formula is C29H36O6S2. The van der Waals surface area contributed by atoms with Crippen LogP contribution in [0.25, 0.3) is 0 Å². The molecule has 0 N–H and O–H groups in total. The van der Waals surface area contributed by atoms with E-state index in [0.717, 1.165) is 11.1 Å². The standard InChI is InChI=1S/C29H36O6S2/c1-17(30)15-25(19(3)32)27(36)34-23-11-7-21(8-12-23)29(5,6)22-9-13-24(14-10-22)35-28(37)26(20(4)33)16-18(2)31/h7-14,25-28,36-37H,15-16H2,1-6H3. The zero-order chi connectivity index (χ0) is 27.9. The van der Waals surface area contributed by atoms with Crippen LogP contribution in [0, 0.1) is 11.8 Å². The zero-order valence-corrected chi connectivity index (χ0v) is 24.0. The van der Waals surface area contributed by atoms with Crippen molar-refractivity contribution in [1.82, 2.24) is 0 Å². The highest BCUT2D eigenvalue weighted by molar-refractivity contribution is 7.81. The molecule has 0 aliphatic carbocycles. The van der Waals surface area contributed by atoms with Crippen molar-refractivity contribution in [3.63, 3.8) is 0 Å². The Balaban J connectivity index is 2.12. The van der Waals surface area contributed by atoms with Crippen LogP contribution < -0.4 is 9.47 Å². The maximum atomic E-state index is 11.9. The summed E-state index contributed by atoms with van der Waals surface area (Å²) in [5, 5.41) is 0. The minimum absolute atomic E-state index is 0.0870. The van der Waals surface area contributed by atoms with E-state index < -0.39 is 22.7 Å². The van der Waals surface area contributed by atoms with Crippen molar-refractivity contribution in [2.75, 3.05) is 0 Å². The molecule has 0 bridgehead atoms. The molecule has 0 saturated heterocycles. The average molecular weight is 545 g/mol. The summed E-state index contributed by atoms with van der Waals surface area (Å²) in [4.78, 5) is 46.8. The van der Waals surface area contributed by atoms with Gasteiger partial charge in [0.25, 0.3) is 0 Å². The van der Waals surface area contributed by atoms with Gasteiger partial charge in [-0.1, -0.05) is 38.1 Å². The topological polar surface area (TPSA) is 86.7 Å². The molecule has 200 valence electrons. The Morgan fingerprint density at radius 3 is 1.19 bits per heavy atom. The molecule has 0 amide bonds. The van der Waals surface area contributed by atoms with Gasteiger partial charge in [0.15, 0.2) is 10.9 Å². The Kier molecular flexibility index (Phi) is 11.0. The Morgan fingerprint density at radius 1 is 0.649 bits per heavy atom. The van der Waals surface area contributed by atoms with Gasteiger partial charge >= 0.3 is 0 Å². The zero-order valence-electron chi connectivity index (χ0n) is 22.2. The van der Waals surface area contributed by atoms with E-state index in [2.05, 4.69) is 39.1 Å². The van der Waals surface area contributed by atoms with Crippen molar-refractivity contribution in [2.24, 2.45) is 11.8 Å². The molecule has 0 heterocycles. The van der Waals surface area contributed by atoms with Crippen LogP contribution >= 0.6 is 25.3 Å². The number of thiol groups is 2. The van der Waals surface area contributed by atoms with Crippen molar-refractivity contribution < 1.29 is 28.7 Å². The van der Waals surface area contributed by atoms with Crippen molar-refractivity contribution >= 4 is 48.4 Å². The molecule has 37 heavy (non-hydrogen) atoms. The molecule has 0 aliphatic heterocycles. The van der Waals surface area contributed by atoms with E-state index in [0.29, 0.717) is 11.5 Å². The third-order valence-electron chi connectivity index (χ3n) is 6.41. The molecule has 0 saturated carbocycles. The van der Waals surface area contributed by atoms with Gasteiger partial charge in [0.05, 0.1) is 11.8 Å². The van der Waals surface area contributed by atoms with Crippen molar-refractivity contribution in [1.29, 1.82) is 0 Å². The van der Waals surface area contributed by atoms with E-state index in [-0.39, 0.29) is 41.4 Å². The van der Waals surface area contributed by atoms with Crippen LogP contribution in [0.3, 0.4) is 0 Å². The van der Waals surface area contributed by atoms with E-state index in [1.807, 2.05) is 48.5 Å². The van der Waals surface area contributed by atoms with E-state index in [1.54, 1.807) is 0 Å². The monoisotopic (exact) mass is 544 g/mol. The van der Waals surface area contributed by atoms with Gasteiger partial charge in [-0.2, -0.15) is 0 Å². The lowest BCUT2D eigenvalue weighted by atomic mass is 9.78. The van der Waals surface area contributed by atoms with Crippen LogP contribution in [0.5, 0.6) is 11.5 Å². The normalized spacial score (nSPS) is 14.7. The first-order chi connectivity index (χ1) is 17.2. The first-order valence-corrected chi connectivity index (χ1v) is 13.2. The molecular weight excluding hydrogens is 508 g/mol. The maximum Gasteiger partial charge on any atom is 0.151 e. The molecule has 0 radical (unpaired) electrons. The molecule has 4 unspecified atom stereocenters. The molecule has 6 nitrogen and oxygen atoms in total. The largest absolute Gasteiger partial charge is 0.479 e. The predicted octanol–water partition coefficient (Wildman–Crippen LogP) is 5.65. The van der Waals surface area contributed by atoms with Crippen LogP contribution in [0.4, 0.5) is 0 Å². The van der Waals surface area contributed by atoms with E-state index in [4.69, 9.17) is 9.47 Å². The van der Waals surface area contributed by atoms with Crippen LogP contribution in [0.2, 0.25) is 0 Å².